The Bertz CT molecular complexity index is 660. The van der Waals surface area contributed by atoms with Crippen LogP contribution in [0.5, 0.6) is 0 Å². The molecule has 0 N–H and O–H groups in total. The predicted octanol–water partition coefficient (Wildman–Crippen LogP) is 4.78. The minimum Gasteiger partial charge on any atom is -0.356 e. The number of rotatable bonds is 4. The molecule has 0 saturated carbocycles. The van der Waals surface area contributed by atoms with E-state index in [1.807, 2.05) is 6.07 Å². The summed E-state index contributed by atoms with van der Waals surface area (Å²) >= 11 is 6.28. The molecule has 1 unspecified atom stereocenters. The first-order chi connectivity index (χ1) is 11.0. The summed E-state index contributed by atoms with van der Waals surface area (Å²) in [5.41, 5.74) is 2.08. The predicted molar refractivity (Wildman–Crippen MR) is 94.2 cm³/mol. The van der Waals surface area contributed by atoms with E-state index in [2.05, 4.69) is 47.9 Å². The number of anilines is 1. The molecule has 1 aliphatic heterocycles. The number of halogens is 2. The van der Waals surface area contributed by atoms with E-state index in [-0.39, 0.29) is 5.82 Å². The van der Waals surface area contributed by atoms with Crippen LogP contribution in [0.3, 0.4) is 0 Å². The number of nitrogens with zero attached hydrogens (tertiary/aromatic N) is 2. The maximum atomic E-state index is 13.6. The van der Waals surface area contributed by atoms with Crippen LogP contribution in [-0.4, -0.2) is 24.2 Å². The van der Waals surface area contributed by atoms with Crippen molar-refractivity contribution in [2.75, 3.05) is 18.1 Å². The first kappa shape index (κ1) is 16.3. The van der Waals surface area contributed by atoms with Gasteiger partial charge in [-0.3, -0.25) is 4.90 Å². The molecule has 1 atom stereocenters. The molecule has 0 amide bonds. The molecule has 3 rings (SSSR count). The van der Waals surface area contributed by atoms with Crippen molar-refractivity contribution >= 4 is 17.3 Å². The van der Waals surface area contributed by atoms with Crippen molar-refractivity contribution < 1.29 is 4.39 Å². The summed E-state index contributed by atoms with van der Waals surface area (Å²) in [4.78, 5) is 4.63. The zero-order valence-electron chi connectivity index (χ0n) is 13.5. The lowest BCUT2D eigenvalue weighted by Crippen LogP contribution is -2.34. The van der Waals surface area contributed by atoms with E-state index < -0.39 is 0 Å². The monoisotopic (exact) mass is 332 g/mol. The van der Waals surface area contributed by atoms with Crippen LogP contribution in [0.25, 0.3) is 0 Å². The van der Waals surface area contributed by atoms with E-state index in [1.165, 1.54) is 17.7 Å². The molecule has 1 aliphatic rings. The highest BCUT2D eigenvalue weighted by atomic mass is 35.5. The molecule has 1 heterocycles. The molecule has 1 fully saturated rings. The Morgan fingerprint density at radius 3 is 2.61 bits per heavy atom. The van der Waals surface area contributed by atoms with Crippen molar-refractivity contribution in [1.29, 1.82) is 0 Å². The lowest BCUT2D eigenvalue weighted by molar-refractivity contribution is 0.206. The summed E-state index contributed by atoms with van der Waals surface area (Å²) in [6, 6.07) is 15.5. The Labute approximate surface area is 142 Å². The van der Waals surface area contributed by atoms with Crippen molar-refractivity contribution in [1.82, 2.24) is 4.90 Å². The second-order valence-corrected chi connectivity index (χ2v) is 6.91. The smallest absolute Gasteiger partial charge is 0.125 e. The van der Waals surface area contributed by atoms with Crippen molar-refractivity contribution in [2.45, 2.75) is 26.4 Å². The van der Waals surface area contributed by atoms with Crippen LogP contribution < -0.4 is 4.90 Å². The van der Waals surface area contributed by atoms with Crippen molar-refractivity contribution in [2.24, 2.45) is 5.92 Å². The van der Waals surface area contributed by atoms with E-state index in [0.717, 1.165) is 25.4 Å². The molecule has 122 valence electrons. The molecule has 0 aromatic heterocycles. The molecule has 4 heteroatoms. The van der Waals surface area contributed by atoms with Crippen LogP contribution in [0.4, 0.5) is 10.1 Å². The first-order valence-electron chi connectivity index (χ1n) is 8.02. The van der Waals surface area contributed by atoms with E-state index in [4.69, 9.17) is 11.6 Å². The van der Waals surface area contributed by atoms with E-state index in [1.54, 1.807) is 6.07 Å². The fraction of sp³-hybridized carbons (Fsp3) is 0.368. The third-order valence-corrected chi connectivity index (χ3v) is 4.80. The summed E-state index contributed by atoms with van der Waals surface area (Å²) in [6.07, 6.45) is 0. The van der Waals surface area contributed by atoms with Gasteiger partial charge in [0.25, 0.3) is 0 Å². The number of hydrogen-bond donors (Lipinski definition) is 0. The largest absolute Gasteiger partial charge is 0.356 e. The highest BCUT2D eigenvalue weighted by molar-refractivity contribution is 6.33. The summed E-state index contributed by atoms with van der Waals surface area (Å²) in [5, 5.41) is 0.607. The van der Waals surface area contributed by atoms with Crippen LogP contribution in [0.1, 0.15) is 19.4 Å². The molecule has 2 nitrogen and oxygen atoms in total. The van der Waals surface area contributed by atoms with Crippen LogP contribution in [0, 0.1) is 11.7 Å². The maximum absolute atomic E-state index is 13.6. The van der Waals surface area contributed by atoms with Gasteiger partial charge in [-0.15, -0.1) is 0 Å². The van der Waals surface area contributed by atoms with Gasteiger partial charge < -0.3 is 4.90 Å². The van der Waals surface area contributed by atoms with Gasteiger partial charge in [0.1, 0.15) is 5.82 Å². The summed E-state index contributed by atoms with van der Waals surface area (Å²) in [6.45, 7) is 7.00. The summed E-state index contributed by atoms with van der Waals surface area (Å²) in [7, 11) is 0. The molecule has 1 saturated heterocycles. The highest BCUT2D eigenvalue weighted by Gasteiger charge is 2.33. The molecular formula is C19H22ClFN2. The molecule has 0 bridgehead atoms. The normalized spacial score (nSPS) is 18.8. The van der Waals surface area contributed by atoms with Gasteiger partial charge in [0.05, 0.1) is 17.4 Å². The third kappa shape index (κ3) is 3.67. The fourth-order valence-electron chi connectivity index (χ4n) is 3.24. The molecule has 0 aliphatic carbocycles. The van der Waals surface area contributed by atoms with Gasteiger partial charge in [0.2, 0.25) is 0 Å². The van der Waals surface area contributed by atoms with Gasteiger partial charge in [-0.1, -0.05) is 55.8 Å². The van der Waals surface area contributed by atoms with Gasteiger partial charge in [-0.25, -0.2) is 4.39 Å². The highest BCUT2D eigenvalue weighted by Crippen LogP contribution is 2.32. The van der Waals surface area contributed by atoms with Crippen molar-refractivity contribution in [3.63, 3.8) is 0 Å². The Morgan fingerprint density at radius 1 is 1.17 bits per heavy atom. The Kier molecular flexibility index (Phi) is 4.88. The van der Waals surface area contributed by atoms with Gasteiger partial charge in [0, 0.05) is 19.1 Å². The molecular weight excluding hydrogens is 311 g/mol. The number of hydrogen-bond acceptors (Lipinski definition) is 2. The standard InChI is InChI=1S/C19H22ClFN2/c1-14(2)19-12-23(18-10-16(21)8-9-17(18)20)13-22(19)11-15-6-4-3-5-7-15/h3-10,14,19H,11-13H2,1-2H3. The summed E-state index contributed by atoms with van der Waals surface area (Å²) in [5.74, 6) is 0.281. The molecule has 0 spiro atoms. The van der Waals surface area contributed by atoms with Crippen molar-refractivity contribution in [3.05, 3.63) is 64.9 Å². The fourth-order valence-corrected chi connectivity index (χ4v) is 3.48. The Balaban J connectivity index is 1.82. The average Bonchev–Trinajstić information content (AvgIpc) is 2.94. The molecule has 2 aromatic carbocycles. The summed E-state index contributed by atoms with van der Waals surface area (Å²) < 4.78 is 13.6. The topological polar surface area (TPSA) is 6.48 Å². The Hall–Kier alpha value is -1.58. The maximum Gasteiger partial charge on any atom is 0.125 e. The third-order valence-electron chi connectivity index (χ3n) is 4.48. The Morgan fingerprint density at radius 2 is 1.91 bits per heavy atom. The zero-order valence-corrected chi connectivity index (χ0v) is 14.3. The second-order valence-electron chi connectivity index (χ2n) is 6.50. The lowest BCUT2D eigenvalue weighted by atomic mass is 10.0. The molecule has 23 heavy (non-hydrogen) atoms. The van der Waals surface area contributed by atoms with E-state index in [0.29, 0.717) is 17.0 Å². The first-order valence-corrected chi connectivity index (χ1v) is 8.40. The SMILES string of the molecule is CC(C)C1CN(c2cc(F)ccc2Cl)CN1Cc1ccccc1. The molecule has 0 radical (unpaired) electrons. The van der Waals surface area contributed by atoms with Gasteiger partial charge in [0.15, 0.2) is 0 Å². The second kappa shape index (κ2) is 6.90. The average molecular weight is 333 g/mol. The molecule has 2 aromatic rings. The quantitative estimate of drug-likeness (QED) is 0.794. The minimum absolute atomic E-state index is 0.244. The van der Waals surface area contributed by atoms with Gasteiger partial charge in [-0.2, -0.15) is 0 Å². The van der Waals surface area contributed by atoms with Crippen LogP contribution in [0.2, 0.25) is 5.02 Å². The van der Waals surface area contributed by atoms with Gasteiger partial charge in [-0.05, 0) is 29.7 Å². The van der Waals surface area contributed by atoms with E-state index >= 15 is 0 Å². The van der Waals surface area contributed by atoms with Crippen molar-refractivity contribution in [3.8, 4) is 0 Å². The number of benzene rings is 2. The van der Waals surface area contributed by atoms with Crippen LogP contribution >= 0.6 is 11.6 Å². The zero-order chi connectivity index (χ0) is 16.4. The van der Waals surface area contributed by atoms with E-state index in [9.17, 15) is 4.39 Å². The van der Waals surface area contributed by atoms with Crippen LogP contribution in [-0.2, 0) is 6.54 Å². The van der Waals surface area contributed by atoms with Gasteiger partial charge >= 0.3 is 0 Å². The van der Waals surface area contributed by atoms with Crippen LogP contribution in [0.15, 0.2) is 48.5 Å². The lowest BCUT2D eigenvalue weighted by Gasteiger charge is -2.25. The minimum atomic E-state index is -0.244.